The van der Waals surface area contributed by atoms with E-state index in [2.05, 4.69) is 264 Å². The smallest absolute Gasteiger partial charge is 0.180 e. The Morgan fingerprint density at radius 3 is 1.37 bits per heavy atom. The van der Waals surface area contributed by atoms with Gasteiger partial charge in [-0.2, -0.15) is 0 Å². The zero-order chi connectivity index (χ0) is 41.7. The van der Waals surface area contributed by atoms with Gasteiger partial charge in [-0.1, -0.05) is 212 Å². The van der Waals surface area contributed by atoms with Gasteiger partial charge in [0.05, 0.1) is 27.8 Å². The molecule has 12 rings (SSSR count). The quantitative estimate of drug-likeness (QED) is 0.107. The fourth-order valence-corrected chi connectivity index (χ4v) is 15.4. The van der Waals surface area contributed by atoms with Crippen molar-refractivity contribution in [2.45, 2.75) is 0 Å². The highest BCUT2D eigenvalue weighted by Gasteiger charge is 2.43. The monoisotopic (exact) mass is 818 g/mol. The van der Waals surface area contributed by atoms with Crippen molar-refractivity contribution in [2.75, 3.05) is 0 Å². The van der Waals surface area contributed by atoms with Crippen molar-refractivity contribution in [3.63, 3.8) is 0 Å². The lowest BCUT2D eigenvalue weighted by Crippen LogP contribution is -2.74. The Kier molecular flexibility index (Phi) is 8.87. The molecule has 0 aliphatic heterocycles. The molecule has 3 heteroatoms. The molecular formula is C60H42N2Si. The lowest BCUT2D eigenvalue weighted by Gasteiger charge is -2.35. The van der Waals surface area contributed by atoms with Crippen LogP contribution in [0.2, 0.25) is 0 Å². The normalized spacial score (nSPS) is 11.8. The second-order valence-electron chi connectivity index (χ2n) is 16.4. The molecule has 2 nitrogen and oxygen atoms in total. The number of hydrogen-bond acceptors (Lipinski definition) is 0. The van der Waals surface area contributed by atoms with E-state index in [9.17, 15) is 0 Å². The number of nitrogens with zero attached hydrogens (tertiary/aromatic N) is 2. The van der Waals surface area contributed by atoms with Crippen LogP contribution in [0.25, 0.3) is 77.2 Å². The van der Waals surface area contributed by atoms with E-state index in [1.165, 1.54) is 86.6 Å². The minimum atomic E-state index is -2.90. The van der Waals surface area contributed by atoms with Crippen LogP contribution >= 0.6 is 0 Å². The maximum absolute atomic E-state index is 2.90. The molecule has 0 saturated carbocycles. The van der Waals surface area contributed by atoms with Crippen molar-refractivity contribution in [2.24, 2.45) is 0 Å². The molecule has 0 N–H and O–H groups in total. The molecule has 0 spiro atoms. The Balaban J connectivity index is 1.19. The van der Waals surface area contributed by atoms with Crippen molar-refractivity contribution < 1.29 is 0 Å². The molecule has 10 aromatic carbocycles. The van der Waals surface area contributed by atoms with E-state index in [1.807, 2.05) is 0 Å². The number of aromatic nitrogens is 2. The first-order valence-corrected chi connectivity index (χ1v) is 23.8. The average Bonchev–Trinajstić information content (AvgIpc) is 3.89. The van der Waals surface area contributed by atoms with Crippen LogP contribution in [-0.4, -0.2) is 17.2 Å². The first-order chi connectivity index (χ1) is 31.3. The second-order valence-corrected chi connectivity index (χ2v) is 20.2. The topological polar surface area (TPSA) is 9.86 Å². The summed E-state index contributed by atoms with van der Waals surface area (Å²) in [4.78, 5) is 0. The summed E-state index contributed by atoms with van der Waals surface area (Å²) in [5.74, 6) is 0. The Morgan fingerprint density at radius 2 is 0.746 bits per heavy atom. The summed E-state index contributed by atoms with van der Waals surface area (Å²) in [7, 11) is -2.90. The van der Waals surface area contributed by atoms with Crippen molar-refractivity contribution in [1.29, 1.82) is 0 Å². The molecule has 0 unspecified atom stereocenters. The van der Waals surface area contributed by atoms with Crippen LogP contribution in [0.4, 0.5) is 0 Å². The number of fused-ring (bicyclic) bond motifs is 6. The van der Waals surface area contributed by atoms with Crippen LogP contribution in [0.5, 0.6) is 0 Å². The van der Waals surface area contributed by atoms with Gasteiger partial charge in [0.15, 0.2) is 8.07 Å². The molecule has 0 radical (unpaired) electrons. The van der Waals surface area contributed by atoms with Crippen LogP contribution in [-0.2, 0) is 0 Å². The van der Waals surface area contributed by atoms with E-state index in [0.717, 1.165) is 11.4 Å². The van der Waals surface area contributed by atoms with Gasteiger partial charge in [-0.25, -0.2) is 0 Å². The van der Waals surface area contributed by atoms with Crippen molar-refractivity contribution in [1.82, 2.24) is 9.13 Å². The maximum Gasteiger partial charge on any atom is 0.180 e. The summed E-state index contributed by atoms with van der Waals surface area (Å²) in [5.41, 5.74) is 11.8. The van der Waals surface area contributed by atoms with E-state index in [-0.39, 0.29) is 0 Å². The SMILES string of the molecule is c1ccc(-c2ccc(-n3c4ccc(-c5ccccc5)cc4c4cccc(-n5c6ccccc6c6c([Si](c7ccccc7)(c7ccccc7)c7ccccc7)cccc65)c43)cc2)cc1. The first-order valence-electron chi connectivity index (χ1n) is 21.8. The maximum atomic E-state index is 2.54. The molecule has 0 atom stereocenters. The van der Waals surface area contributed by atoms with Gasteiger partial charge in [0.2, 0.25) is 0 Å². The zero-order valence-corrected chi connectivity index (χ0v) is 35.6. The third-order valence-electron chi connectivity index (χ3n) is 13.1. The van der Waals surface area contributed by atoms with E-state index in [1.54, 1.807) is 0 Å². The van der Waals surface area contributed by atoms with Crippen molar-refractivity contribution in [3.8, 4) is 33.6 Å². The van der Waals surface area contributed by atoms with E-state index in [4.69, 9.17) is 0 Å². The summed E-state index contributed by atoms with van der Waals surface area (Å²) >= 11 is 0. The van der Waals surface area contributed by atoms with E-state index in [0.29, 0.717) is 0 Å². The predicted octanol–water partition coefficient (Wildman–Crippen LogP) is 12.6. The van der Waals surface area contributed by atoms with E-state index >= 15 is 0 Å². The fraction of sp³-hybridized carbons (Fsp3) is 0. The number of rotatable bonds is 8. The predicted molar refractivity (Wildman–Crippen MR) is 270 cm³/mol. The van der Waals surface area contributed by atoms with E-state index < -0.39 is 8.07 Å². The highest BCUT2D eigenvalue weighted by molar-refractivity contribution is 7.20. The molecule has 12 aromatic rings. The highest BCUT2D eigenvalue weighted by atomic mass is 28.3. The van der Waals surface area contributed by atoms with Crippen LogP contribution in [0.1, 0.15) is 0 Å². The van der Waals surface area contributed by atoms with Gasteiger partial charge in [-0.05, 0) is 85.5 Å². The molecule has 0 saturated heterocycles. The number of para-hydroxylation sites is 2. The van der Waals surface area contributed by atoms with Gasteiger partial charge in [-0.15, -0.1) is 0 Å². The van der Waals surface area contributed by atoms with Crippen molar-refractivity contribution >= 4 is 72.4 Å². The molecule has 2 heterocycles. The molecule has 0 amide bonds. The molecule has 0 bridgehead atoms. The summed E-state index contributed by atoms with van der Waals surface area (Å²) in [6, 6.07) is 94.3. The minimum Gasteiger partial charge on any atom is -0.307 e. The highest BCUT2D eigenvalue weighted by Crippen LogP contribution is 2.41. The zero-order valence-electron chi connectivity index (χ0n) is 34.6. The molecule has 0 aliphatic rings. The lowest BCUT2D eigenvalue weighted by atomic mass is 10.0. The number of hydrogen-bond donors (Lipinski definition) is 0. The first kappa shape index (κ1) is 36.8. The van der Waals surface area contributed by atoms with Gasteiger partial charge in [0.25, 0.3) is 0 Å². The third-order valence-corrected chi connectivity index (χ3v) is 17.9. The Morgan fingerprint density at radius 1 is 0.286 bits per heavy atom. The molecule has 2 aromatic heterocycles. The number of benzene rings is 10. The standard InChI is InChI=1S/C60H42N2Si/c1-6-20-43(21-7-1)45-36-39-47(40-37-45)61-55-41-38-46(44-22-8-2-9-23-44)42-53(55)51-31-18-34-57(60(51)61)62-54-32-17-16-30-52(54)59-56(62)33-19-35-58(59)63(48-24-10-3-11-25-48,49-26-12-4-13-27-49)50-28-14-5-15-29-50/h1-42H. The Bertz CT molecular complexity index is 3480. The van der Waals surface area contributed by atoms with Crippen LogP contribution < -0.4 is 20.7 Å². The average molecular weight is 819 g/mol. The molecule has 63 heavy (non-hydrogen) atoms. The molecule has 0 fully saturated rings. The van der Waals surface area contributed by atoms with Gasteiger partial charge in [0.1, 0.15) is 0 Å². The van der Waals surface area contributed by atoms with Crippen molar-refractivity contribution in [3.05, 3.63) is 255 Å². The molecule has 0 aliphatic carbocycles. The lowest BCUT2D eigenvalue weighted by molar-refractivity contribution is 1.13. The second kappa shape index (κ2) is 15.2. The summed E-state index contributed by atoms with van der Waals surface area (Å²) < 4.78 is 5.04. The Hall–Kier alpha value is -7.98. The summed E-state index contributed by atoms with van der Waals surface area (Å²) in [6.07, 6.45) is 0. The van der Waals surface area contributed by atoms with Gasteiger partial charge in [0, 0.05) is 27.2 Å². The van der Waals surface area contributed by atoms with Crippen LogP contribution in [0, 0.1) is 0 Å². The molecule has 296 valence electrons. The van der Waals surface area contributed by atoms with Gasteiger partial charge < -0.3 is 9.13 Å². The summed E-state index contributed by atoms with van der Waals surface area (Å²) in [5, 5.41) is 10.5. The van der Waals surface area contributed by atoms with Gasteiger partial charge >= 0.3 is 0 Å². The molecular weight excluding hydrogens is 777 g/mol. The third kappa shape index (κ3) is 5.85. The van der Waals surface area contributed by atoms with Crippen LogP contribution in [0.15, 0.2) is 255 Å². The van der Waals surface area contributed by atoms with Crippen LogP contribution in [0.3, 0.4) is 0 Å². The largest absolute Gasteiger partial charge is 0.307 e. The minimum absolute atomic E-state index is 1.12. The Labute approximate surface area is 368 Å². The fourth-order valence-electron chi connectivity index (χ4n) is 10.4. The summed E-state index contributed by atoms with van der Waals surface area (Å²) in [6.45, 7) is 0. The van der Waals surface area contributed by atoms with Gasteiger partial charge in [-0.3, -0.25) is 0 Å².